The van der Waals surface area contributed by atoms with Crippen LogP contribution < -0.4 is 14.4 Å². The third-order valence-electron chi connectivity index (χ3n) is 4.82. The highest BCUT2D eigenvalue weighted by Crippen LogP contribution is 2.31. The van der Waals surface area contributed by atoms with Gasteiger partial charge in [-0.2, -0.15) is 0 Å². The van der Waals surface area contributed by atoms with Crippen molar-refractivity contribution >= 4 is 48.9 Å². The number of rotatable bonds is 11. The Hall–Kier alpha value is -2.26. The molecule has 3 aromatic rings. The van der Waals surface area contributed by atoms with E-state index in [1.54, 1.807) is 36.4 Å². The first-order valence-electron chi connectivity index (χ1n) is 10.4. The predicted octanol–water partition coefficient (Wildman–Crippen LogP) is 5.35. The van der Waals surface area contributed by atoms with Crippen LogP contribution in [0, 0.1) is 0 Å². The van der Waals surface area contributed by atoms with Crippen LogP contribution in [-0.2, 0) is 10.0 Å². The average molecular weight is 553 g/mol. The van der Waals surface area contributed by atoms with Crippen LogP contribution in [0.3, 0.4) is 0 Å². The largest absolute Gasteiger partial charge is 0.492 e. The minimum absolute atomic E-state index is 0.241. The van der Waals surface area contributed by atoms with Crippen LogP contribution in [0.15, 0.2) is 82.2 Å². The zero-order chi connectivity index (χ0) is 23.8. The number of halogens is 2. The van der Waals surface area contributed by atoms with Crippen LogP contribution >= 0.6 is 27.5 Å². The van der Waals surface area contributed by atoms with Crippen LogP contribution in [0.4, 0.5) is 11.4 Å². The lowest BCUT2D eigenvalue weighted by Crippen LogP contribution is -2.37. The number of para-hydroxylation sites is 2. The maximum absolute atomic E-state index is 13.6. The van der Waals surface area contributed by atoms with Gasteiger partial charge in [0, 0.05) is 29.1 Å². The Labute approximate surface area is 209 Å². The maximum Gasteiger partial charge on any atom is 0.264 e. The van der Waals surface area contributed by atoms with E-state index in [-0.39, 0.29) is 4.90 Å². The van der Waals surface area contributed by atoms with E-state index in [2.05, 4.69) is 21.2 Å². The van der Waals surface area contributed by atoms with Crippen molar-refractivity contribution in [2.75, 3.05) is 50.0 Å². The highest BCUT2D eigenvalue weighted by molar-refractivity contribution is 9.10. The standard InChI is InChI=1S/C24H27BrClN3O3S/c1-28(2)16-17-29(33(30,31)22-13-7-19(25)8-14-22)24-6-4-3-5-23(24)27-15-18-32-21-11-9-20(26)10-12-21/h3-14,27H,15-18H2,1-2H3. The topological polar surface area (TPSA) is 61.9 Å². The molecule has 3 rings (SSSR count). The Morgan fingerprint density at radius 3 is 2.27 bits per heavy atom. The second-order valence-electron chi connectivity index (χ2n) is 7.58. The molecule has 0 bridgehead atoms. The Bertz CT molecular complexity index is 1140. The molecular formula is C24H27BrClN3O3S. The Morgan fingerprint density at radius 2 is 1.61 bits per heavy atom. The summed E-state index contributed by atoms with van der Waals surface area (Å²) in [6.45, 7) is 1.79. The van der Waals surface area contributed by atoms with Crippen LogP contribution in [0.2, 0.25) is 5.02 Å². The maximum atomic E-state index is 13.6. The van der Waals surface area contributed by atoms with E-state index in [0.29, 0.717) is 37.0 Å². The zero-order valence-corrected chi connectivity index (χ0v) is 21.7. The van der Waals surface area contributed by atoms with Crippen LogP contribution in [-0.4, -0.2) is 53.7 Å². The first kappa shape index (κ1) is 25.4. The highest BCUT2D eigenvalue weighted by Gasteiger charge is 2.26. The molecule has 0 aromatic heterocycles. The molecule has 0 saturated carbocycles. The molecule has 33 heavy (non-hydrogen) atoms. The number of nitrogens with one attached hydrogen (secondary N) is 1. The summed E-state index contributed by atoms with van der Waals surface area (Å²) in [4.78, 5) is 2.20. The molecule has 6 nitrogen and oxygen atoms in total. The molecule has 1 N–H and O–H groups in total. The van der Waals surface area contributed by atoms with Crippen LogP contribution in [0.25, 0.3) is 0 Å². The van der Waals surface area contributed by atoms with Crippen molar-refractivity contribution < 1.29 is 13.2 Å². The molecule has 0 atom stereocenters. The number of nitrogens with zero attached hydrogens (tertiary/aromatic N) is 2. The Balaban J connectivity index is 1.80. The Kier molecular flexibility index (Phi) is 9.02. The van der Waals surface area contributed by atoms with E-state index in [1.165, 1.54) is 4.31 Å². The summed E-state index contributed by atoms with van der Waals surface area (Å²) in [7, 11) is 0.0740. The summed E-state index contributed by atoms with van der Waals surface area (Å²) in [6, 6.07) is 21.2. The molecule has 9 heteroatoms. The molecule has 0 unspecified atom stereocenters. The number of likely N-dealkylation sites (N-methyl/N-ethyl adjacent to an activating group) is 1. The van der Waals surface area contributed by atoms with Crippen molar-refractivity contribution in [1.29, 1.82) is 0 Å². The monoisotopic (exact) mass is 551 g/mol. The first-order valence-corrected chi connectivity index (χ1v) is 13.0. The summed E-state index contributed by atoms with van der Waals surface area (Å²) in [5.74, 6) is 0.722. The number of hydrogen-bond acceptors (Lipinski definition) is 5. The van der Waals surface area contributed by atoms with Gasteiger partial charge in [0.05, 0.1) is 16.3 Å². The van der Waals surface area contributed by atoms with Gasteiger partial charge >= 0.3 is 0 Å². The molecule has 0 radical (unpaired) electrons. The van der Waals surface area contributed by atoms with E-state index in [0.717, 1.165) is 15.9 Å². The fourth-order valence-electron chi connectivity index (χ4n) is 3.12. The lowest BCUT2D eigenvalue weighted by molar-refractivity contribution is 0.333. The summed E-state index contributed by atoms with van der Waals surface area (Å²) in [5, 5.41) is 3.97. The Morgan fingerprint density at radius 1 is 0.939 bits per heavy atom. The van der Waals surface area contributed by atoms with E-state index in [4.69, 9.17) is 16.3 Å². The van der Waals surface area contributed by atoms with Gasteiger partial charge in [-0.05, 0) is 74.8 Å². The summed E-state index contributed by atoms with van der Waals surface area (Å²) in [5.41, 5.74) is 1.31. The molecule has 3 aromatic carbocycles. The third-order valence-corrected chi connectivity index (χ3v) is 7.43. The lowest BCUT2D eigenvalue weighted by Gasteiger charge is -2.28. The molecule has 0 aliphatic carbocycles. The van der Waals surface area contributed by atoms with E-state index < -0.39 is 10.0 Å². The minimum Gasteiger partial charge on any atom is -0.492 e. The normalized spacial score (nSPS) is 11.4. The highest BCUT2D eigenvalue weighted by atomic mass is 79.9. The van der Waals surface area contributed by atoms with Crippen molar-refractivity contribution in [2.24, 2.45) is 0 Å². The predicted molar refractivity (Wildman–Crippen MR) is 139 cm³/mol. The fraction of sp³-hybridized carbons (Fsp3) is 0.250. The van der Waals surface area contributed by atoms with Gasteiger partial charge in [-0.15, -0.1) is 0 Å². The van der Waals surface area contributed by atoms with Gasteiger partial charge in [0.2, 0.25) is 0 Å². The molecule has 0 aliphatic rings. The molecule has 0 aliphatic heterocycles. The van der Waals surface area contributed by atoms with Crippen molar-refractivity contribution in [3.05, 3.63) is 82.3 Å². The zero-order valence-electron chi connectivity index (χ0n) is 18.5. The van der Waals surface area contributed by atoms with E-state index in [1.807, 2.05) is 55.4 Å². The average Bonchev–Trinajstić information content (AvgIpc) is 2.79. The number of anilines is 2. The minimum atomic E-state index is -3.76. The number of benzene rings is 3. The van der Waals surface area contributed by atoms with Crippen LogP contribution in [0.5, 0.6) is 5.75 Å². The summed E-state index contributed by atoms with van der Waals surface area (Å²) < 4.78 is 35.2. The first-order chi connectivity index (χ1) is 15.8. The number of ether oxygens (including phenoxy) is 1. The molecule has 0 spiro atoms. The van der Waals surface area contributed by atoms with Crippen molar-refractivity contribution in [1.82, 2.24) is 4.90 Å². The molecule has 0 heterocycles. The van der Waals surface area contributed by atoms with Crippen LogP contribution in [0.1, 0.15) is 0 Å². The smallest absolute Gasteiger partial charge is 0.264 e. The van der Waals surface area contributed by atoms with Gasteiger partial charge in [-0.3, -0.25) is 4.31 Å². The second kappa shape index (κ2) is 11.7. The van der Waals surface area contributed by atoms with Crippen molar-refractivity contribution in [3.8, 4) is 5.75 Å². The van der Waals surface area contributed by atoms with Gasteiger partial charge in [-0.25, -0.2) is 8.42 Å². The molecule has 176 valence electrons. The second-order valence-corrected chi connectivity index (χ2v) is 10.8. The van der Waals surface area contributed by atoms with Gasteiger partial charge in [0.1, 0.15) is 12.4 Å². The quantitative estimate of drug-likeness (QED) is 0.325. The number of sulfonamides is 1. The van der Waals surface area contributed by atoms with Gasteiger partial charge in [0.25, 0.3) is 10.0 Å². The molecule has 0 amide bonds. The van der Waals surface area contributed by atoms with Gasteiger partial charge < -0.3 is 15.0 Å². The summed E-state index contributed by atoms with van der Waals surface area (Å²) in [6.07, 6.45) is 0. The summed E-state index contributed by atoms with van der Waals surface area (Å²) >= 11 is 9.27. The van der Waals surface area contributed by atoms with Gasteiger partial charge in [-0.1, -0.05) is 39.7 Å². The SMILES string of the molecule is CN(C)CCN(c1ccccc1NCCOc1ccc(Cl)cc1)S(=O)(=O)c1ccc(Br)cc1. The van der Waals surface area contributed by atoms with E-state index in [9.17, 15) is 8.42 Å². The van der Waals surface area contributed by atoms with Crippen molar-refractivity contribution in [3.63, 3.8) is 0 Å². The molecule has 0 saturated heterocycles. The van der Waals surface area contributed by atoms with E-state index >= 15 is 0 Å². The molecular weight excluding hydrogens is 526 g/mol. The van der Waals surface area contributed by atoms with Gasteiger partial charge in [0.15, 0.2) is 0 Å². The van der Waals surface area contributed by atoms with Crippen molar-refractivity contribution in [2.45, 2.75) is 4.90 Å². The third kappa shape index (κ3) is 7.11. The lowest BCUT2D eigenvalue weighted by atomic mass is 10.2. The fourth-order valence-corrected chi connectivity index (χ4v) is 4.99. The molecule has 0 fully saturated rings. The number of hydrogen-bond donors (Lipinski definition) is 1.